The normalized spacial score (nSPS) is 14.1. The quantitative estimate of drug-likeness (QED) is 0.807. The van der Waals surface area contributed by atoms with Crippen LogP contribution in [-0.2, 0) is 0 Å². The molecule has 2 N–H and O–H groups in total. The zero-order valence-electron chi connectivity index (χ0n) is 11.0. The van der Waals surface area contributed by atoms with Crippen LogP contribution in [0.4, 0.5) is 0 Å². The number of halogens is 1. The molecule has 5 heteroatoms. The first kappa shape index (κ1) is 14.9. The minimum Gasteiger partial charge on any atom is -0.396 e. The van der Waals surface area contributed by atoms with E-state index in [1.165, 1.54) is 0 Å². The second-order valence-electron chi connectivity index (χ2n) is 4.61. The lowest BCUT2D eigenvalue weighted by Gasteiger charge is -2.29. The van der Waals surface area contributed by atoms with Crippen LogP contribution < -0.4 is 5.32 Å². The summed E-state index contributed by atoms with van der Waals surface area (Å²) in [5, 5.41) is 12.3. The molecule has 0 aromatic carbocycles. The van der Waals surface area contributed by atoms with Gasteiger partial charge in [-0.3, -0.25) is 4.79 Å². The number of aromatic nitrogens is 1. The third kappa shape index (κ3) is 3.68. The number of pyridine rings is 1. The number of carbonyl (C=O) groups excluding carboxylic acids is 1. The van der Waals surface area contributed by atoms with Crippen molar-refractivity contribution in [3.63, 3.8) is 0 Å². The maximum atomic E-state index is 12.2. The van der Waals surface area contributed by atoms with E-state index in [0.717, 1.165) is 6.42 Å². The highest BCUT2D eigenvalue weighted by Gasteiger charge is 2.25. The molecule has 1 atom stereocenters. The molecule has 0 aliphatic rings. The van der Waals surface area contributed by atoms with Gasteiger partial charge in [-0.1, -0.05) is 18.5 Å². The summed E-state index contributed by atoms with van der Waals surface area (Å²) in [6, 6.07) is 3.26. The predicted molar refractivity (Wildman–Crippen MR) is 71.8 cm³/mol. The summed E-state index contributed by atoms with van der Waals surface area (Å²) in [4.78, 5) is 16.2. The molecule has 1 aromatic rings. The summed E-state index contributed by atoms with van der Waals surface area (Å²) >= 11 is 5.76. The predicted octanol–water partition coefficient (Wildman–Crippen LogP) is 2.32. The summed E-state index contributed by atoms with van der Waals surface area (Å²) < 4.78 is 0. The van der Waals surface area contributed by atoms with E-state index in [-0.39, 0.29) is 12.5 Å². The van der Waals surface area contributed by atoms with E-state index in [9.17, 15) is 4.79 Å². The molecule has 0 aliphatic carbocycles. The van der Waals surface area contributed by atoms with Crippen molar-refractivity contribution >= 4 is 17.5 Å². The number of carbonyl (C=O) groups is 1. The van der Waals surface area contributed by atoms with Gasteiger partial charge in [0.15, 0.2) is 0 Å². The fraction of sp³-hybridized carbons (Fsp3) is 0.538. The molecule has 0 saturated carbocycles. The Labute approximate surface area is 112 Å². The first-order valence-electron chi connectivity index (χ1n) is 5.98. The lowest BCUT2D eigenvalue weighted by Crippen LogP contribution is -2.46. The minimum atomic E-state index is -0.405. The van der Waals surface area contributed by atoms with E-state index in [4.69, 9.17) is 16.7 Å². The smallest absolute Gasteiger partial charge is 0.253 e. The van der Waals surface area contributed by atoms with Crippen LogP contribution in [0.1, 0.15) is 42.7 Å². The van der Waals surface area contributed by atoms with Crippen LogP contribution in [0.25, 0.3) is 0 Å². The summed E-state index contributed by atoms with van der Waals surface area (Å²) in [5.41, 5.74) is 0.706. The Bertz CT molecular complexity index is 437. The first-order valence-corrected chi connectivity index (χ1v) is 6.36. The highest BCUT2D eigenvalue weighted by atomic mass is 35.5. The molecule has 0 bridgehead atoms. The monoisotopic (exact) mass is 270 g/mol. The number of aliphatic hydroxyl groups excluding tert-OH is 1. The van der Waals surface area contributed by atoms with E-state index in [0.29, 0.717) is 22.8 Å². The molecule has 0 saturated heterocycles. The van der Waals surface area contributed by atoms with Crippen LogP contribution in [0.15, 0.2) is 12.1 Å². The van der Waals surface area contributed by atoms with Gasteiger partial charge in [-0.05, 0) is 38.8 Å². The summed E-state index contributed by atoms with van der Waals surface area (Å²) in [6.45, 7) is 5.68. The summed E-state index contributed by atoms with van der Waals surface area (Å²) in [7, 11) is 0. The molecule has 1 heterocycles. The number of amides is 1. The van der Waals surface area contributed by atoms with Gasteiger partial charge in [0.1, 0.15) is 5.15 Å². The highest BCUT2D eigenvalue weighted by molar-refractivity contribution is 6.29. The average molecular weight is 271 g/mol. The summed E-state index contributed by atoms with van der Waals surface area (Å²) in [6.07, 6.45) is 1.27. The van der Waals surface area contributed by atoms with Crippen molar-refractivity contribution in [3.8, 4) is 0 Å². The third-order valence-electron chi connectivity index (χ3n) is 3.16. The van der Waals surface area contributed by atoms with E-state index < -0.39 is 5.54 Å². The van der Waals surface area contributed by atoms with Crippen LogP contribution in [-0.4, -0.2) is 28.1 Å². The maximum Gasteiger partial charge on any atom is 0.253 e. The third-order valence-corrected chi connectivity index (χ3v) is 3.37. The van der Waals surface area contributed by atoms with E-state index in [1.54, 1.807) is 19.1 Å². The van der Waals surface area contributed by atoms with E-state index in [1.807, 2.05) is 13.8 Å². The van der Waals surface area contributed by atoms with Crippen LogP contribution in [0, 0.1) is 6.92 Å². The molecular weight excluding hydrogens is 252 g/mol. The number of nitrogens with one attached hydrogen (secondary N) is 1. The second-order valence-corrected chi connectivity index (χ2v) is 5.00. The molecule has 4 nitrogen and oxygen atoms in total. The molecule has 1 amide bonds. The number of hydrogen-bond donors (Lipinski definition) is 2. The maximum absolute atomic E-state index is 12.2. The van der Waals surface area contributed by atoms with Crippen molar-refractivity contribution in [2.24, 2.45) is 0 Å². The molecule has 1 aromatic heterocycles. The van der Waals surface area contributed by atoms with Crippen LogP contribution in [0.5, 0.6) is 0 Å². The first-order chi connectivity index (χ1) is 8.41. The Morgan fingerprint density at radius 2 is 2.22 bits per heavy atom. The van der Waals surface area contributed by atoms with Gasteiger partial charge in [0, 0.05) is 12.1 Å². The molecule has 0 spiro atoms. The van der Waals surface area contributed by atoms with Gasteiger partial charge in [-0.25, -0.2) is 4.98 Å². The van der Waals surface area contributed by atoms with Gasteiger partial charge >= 0.3 is 0 Å². The van der Waals surface area contributed by atoms with Gasteiger partial charge in [0.2, 0.25) is 0 Å². The molecule has 1 rings (SSSR count). The number of hydrogen-bond acceptors (Lipinski definition) is 3. The Kier molecular flexibility index (Phi) is 5.11. The molecule has 0 aliphatic heterocycles. The van der Waals surface area contributed by atoms with Crippen molar-refractivity contribution in [3.05, 3.63) is 28.5 Å². The number of nitrogens with zero attached hydrogens (tertiary/aromatic N) is 1. The van der Waals surface area contributed by atoms with Crippen molar-refractivity contribution < 1.29 is 9.90 Å². The number of aliphatic hydroxyl groups is 1. The zero-order valence-corrected chi connectivity index (χ0v) is 11.7. The molecule has 1 unspecified atom stereocenters. The Morgan fingerprint density at radius 3 is 2.72 bits per heavy atom. The van der Waals surface area contributed by atoms with Crippen molar-refractivity contribution in [1.29, 1.82) is 0 Å². The Morgan fingerprint density at radius 1 is 1.56 bits per heavy atom. The topological polar surface area (TPSA) is 62.2 Å². The number of rotatable bonds is 5. The largest absolute Gasteiger partial charge is 0.396 e. The lowest BCUT2D eigenvalue weighted by molar-refractivity contribution is 0.0885. The van der Waals surface area contributed by atoms with Gasteiger partial charge in [-0.2, -0.15) is 0 Å². The van der Waals surface area contributed by atoms with Gasteiger partial charge in [-0.15, -0.1) is 0 Å². The molecule has 100 valence electrons. The average Bonchev–Trinajstić information content (AvgIpc) is 2.28. The van der Waals surface area contributed by atoms with Gasteiger partial charge in [0.05, 0.1) is 11.3 Å². The highest BCUT2D eigenvalue weighted by Crippen LogP contribution is 2.16. The van der Waals surface area contributed by atoms with Crippen molar-refractivity contribution in [2.45, 2.75) is 39.2 Å². The number of aryl methyl sites for hydroxylation is 1. The second kappa shape index (κ2) is 6.16. The summed E-state index contributed by atoms with van der Waals surface area (Å²) in [5.74, 6) is -0.186. The van der Waals surface area contributed by atoms with Crippen LogP contribution in [0.2, 0.25) is 5.15 Å². The minimum absolute atomic E-state index is 0.0441. The van der Waals surface area contributed by atoms with E-state index >= 15 is 0 Å². The lowest BCUT2D eigenvalue weighted by atomic mass is 9.94. The van der Waals surface area contributed by atoms with E-state index in [2.05, 4.69) is 10.3 Å². The molecule has 0 fully saturated rings. The molecule has 0 radical (unpaired) electrons. The van der Waals surface area contributed by atoms with Crippen LogP contribution in [0.3, 0.4) is 0 Å². The SMILES string of the molecule is CCC(C)(CCO)NC(=O)c1ccc(Cl)nc1C. The van der Waals surface area contributed by atoms with Crippen LogP contribution >= 0.6 is 11.6 Å². The Hall–Kier alpha value is -1.13. The standard InChI is InChI=1S/C13H19ClN2O2/c1-4-13(3,7-8-17)16-12(18)10-5-6-11(14)15-9(10)2/h5-6,17H,4,7-8H2,1-3H3,(H,16,18). The fourth-order valence-electron chi connectivity index (χ4n) is 1.69. The van der Waals surface area contributed by atoms with Gasteiger partial charge < -0.3 is 10.4 Å². The van der Waals surface area contributed by atoms with Gasteiger partial charge in [0.25, 0.3) is 5.91 Å². The van der Waals surface area contributed by atoms with Crippen molar-refractivity contribution in [1.82, 2.24) is 10.3 Å². The Balaban J connectivity index is 2.87. The molecular formula is C13H19ClN2O2. The zero-order chi connectivity index (χ0) is 13.8. The fourth-order valence-corrected chi connectivity index (χ4v) is 1.88. The van der Waals surface area contributed by atoms with Crippen molar-refractivity contribution in [2.75, 3.05) is 6.61 Å². The molecule has 18 heavy (non-hydrogen) atoms.